The van der Waals surface area contributed by atoms with E-state index in [2.05, 4.69) is 4.98 Å². The molecule has 0 aliphatic carbocycles. The number of ether oxygens (including phenoxy) is 1. The number of hydrogen-bond donors (Lipinski definition) is 0. The summed E-state index contributed by atoms with van der Waals surface area (Å²) in [7, 11) is -3.27. The average molecular weight is 364 g/mol. The summed E-state index contributed by atoms with van der Waals surface area (Å²) in [5.74, 6) is 0.895. The van der Waals surface area contributed by atoms with Crippen LogP contribution in [0.25, 0.3) is 11.5 Å². The zero-order chi connectivity index (χ0) is 17.2. The second-order valence-corrected chi connectivity index (χ2v) is 7.64. The third-order valence-corrected chi connectivity index (χ3v) is 4.59. The molecule has 0 saturated heterocycles. The normalized spacial score (nSPS) is 11.4. The molecule has 0 aliphatic heterocycles. The Hall–Kier alpha value is -2.31. The summed E-state index contributed by atoms with van der Waals surface area (Å²) in [6.45, 7) is 0.164. The van der Waals surface area contributed by atoms with Crippen LogP contribution in [0.15, 0.2) is 64.1 Å². The fraction of sp³-hybridized carbons (Fsp3) is 0.118. The Balaban J connectivity index is 1.72. The molecule has 0 amide bonds. The molecule has 0 N–H and O–H groups in total. The minimum atomic E-state index is -3.27. The highest BCUT2D eigenvalue weighted by Crippen LogP contribution is 2.23. The van der Waals surface area contributed by atoms with Gasteiger partial charge in [-0.15, -0.1) is 0 Å². The molecule has 0 saturated carbocycles. The summed E-state index contributed by atoms with van der Waals surface area (Å²) in [5, 5.41) is 0.598. The lowest BCUT2D eigenvalue weighted by Gasteiger charge is -2.05. The predicted octanol–water partition coefficient (Wildman–Crippen LogP) is 3.98. The highest BCUT2D eigenvalue weighted by Gasteiger charge is 2.10. The number of rotatable bonds is 5. The molecule has 2 aromatic carbocycles. The van der Waals surface area contributed by atoms with Crippen LogP contribution in [0.1, 0.15) is 5.69 Å². The highest BCUT2D eigenvalue weighted by atomic mass is 35.5. The van der Waals surface area contributed by atoms with Crippen LogP contribution < -0.4 is 4.74 Å². The van der Waals surface area contributed by atoms with E-state index >= 15 is 0 Å². The Morgan fingerprint density at radius 1 is 1.17 bits per heavy atom. The monoisotopic (exact) mass is 363 g/mol. The fourth-order valence-electron chi connectivity index (χ4n) is 2.08. The quantitative estimate of drug-likeness (QED) is 0.685. The second kappa shape index (κ2) is 6.67. The van der Waals surface area contributed by atoms with Crippen LogP contribution in [-0.2, 0) is 16.4 Å². The fourth-order valence-corrected chi connectivity index (χ4v) is 2.93. The van der Waals surface area contributed by atoms with E-state index in [4.69, 9.17) is 20.8 Å². The summed E-state index contributed by atoms with van der Waals surface area (Å²) >= 11 is 5.95. The third kappa shape index (κ3) is 3.96. The van der Waals surface area contributed by atoms with Crippen molar-refractivity contribution in [3.8, 4) is 17.2 Å². The zero-order valence-electron chi connectivity index (χ0n) is 12.8. The van der Waals surface area contributed by atoms with E-state index in [9.17, 15) is 8.42 Å². The van der Waals surface area contributed by atoms with Gasteiger partial charge in [0.15, 0.2) is 9.84 Å². The van der Waals surface area contributed by atoms with Crippen LogP contribution in [-0.4, -0.2) is 19.7 Å². The minimum Gasteiger partial charge on any atom is -0.487 e. The Bertz CT molecular complexity index is 966. The SMILES string of the molecule is CS(=O)(=O)c1cccc(OCc2coc(-c3cccc(Cl)c3)n2)c1. The van der Waals surface area contributed by atoms with Crippen molar-refractivity contribution in [1.82, 2.24) is 4.98 Å². The van der Waals surface area contributed by atoms with Crippen molar-refractivity contribution in [2.75, 3.05) is 6.26 Å². The number of benzene rings is 2. The summed E-state index contributed by atoms with van der Waals surface area (Å²) in [5.41, 5.74) is 1.36. The Morgan fingerprint density at radius 3 is 2.71 bits per heavy atom. The van der Waals surface area contributed by atoms with Crippen LogP contribution in [0.5, 0.6) is 5.75 Å². The summed E-state index contributed by atoms with van der Waals surface area (Å²) in [6.07, 6.45) is 2.65. The van der Waals surface area contributed by atoms with Gasteiger partial charge in [0.2, 0.25) is 5.89 Å². The maximum atomic E-state index is 11.6. The lowest BCUT2D eigenvalue weighted by atomic mass is 10.2. The van der Waals surface area contributed by atoms with Crippen molar-refractivity contribution < 1.29 is 17.6 Å². The molecule has 24 heavy (non-hydrogen) atoms. The standard InChI is InChI=1S/C17H14ClNO4S/c1-24(20,21)16-7-3-6-15(9-16)22-10-14-11-23-17(19-14)12-4-2-5-13(18)8-12/h2-9,11H,10H2,1H3. The Labute approximate surface area is 144 Å². The number of halogens is 1. The number of sulfone groups is 1. The molecule has 0 atom stereocenters. The molecule has 0 fully saturated rings. The highest BCUT2D eigenvalue weighted by molar-refractivity contribution is 7.90. The predicted molar refractivity (Wildman–Crippen MR) is 90.8 cm³/mol. The molecule has 0 radical (unpaired) electrons. The molecular formula is C17H14ClNO4S. The Kier molecular flexibility index (Phi) is 4.59. The van der Waals surface area contributed by atoms with Crippen molar-refractivity contribution in [3.05, 3.63) is 65.5 Å². The van der Waals surface area contributed by atoms with Gasteiger partial charge in [0.25, 0.3) is 0 Å². The molecular weight excluding hydrogens is 350 g/mol. The van der Waals surface area contributed by atoms with Gasteiger partial charge in [0.05, 0.1) is 4.90 Å². The number of oxazole rings is 1. The first-order chi connectivity index (χ1) is 11.4. The molecule has 0 spiro atoms. The Morgan fingerprint density at radius 2 is 1.96 bits per heavy atom. The average Bonchev–Trinajstić information content (AvgIpc) is 3.01. The first kappa shape index (κ1) is 16.5. The van der Waals surface area contributed by atoms with Gasteiger partial charge in [-0.05, 0) is 36.4 Å². The van der Waals surface area contributed by atoms with Gasteiger partial charge in [-0.3, -0.25) is 0 Å². The van der Waals surface area contributed by atoms with E-state index in [-0.39, 0.29) is 11.5 Å². The van der Waals surface area contributed by atoms with Gasteiger partial charge in [-0.1, -0.05) is 23.7 Å². The van der Waals surface area contributed by atoms with E-state index in [1.165, 1.54) is 18.4 Å². The third-order valence-electron chi connectivity index (χ3n) is 3.24. The minimum absolute atomic E-state index is 0.164. The summed E-state index contributed by atoms with van der Waals surface area (Å²) in [6, 6.07) is 13.5. The van der Waals surface area contributed by atoms with Crippen LogP contribution in [0, 0.1) is 0 Å². The lowest BCUT2D eigenvalue weighted by molar-refractivity contribution is 0.300. The maximum Gasteiger partial charge on any atom is 0.226 e. The molecule has 1 heterocycles. The van der Waals surface area contributed by atoms with Gasteiger partial charge in [-0.25, -0.2) is 13.4 Å². The molecule has 124 valence electrons. The van der Waals surface area contributed by atoms with E-state index in [0.29, 0.717) is 22.4 Å². The largest absolute Gasteiger partial charge is 0.487 e. The summed E-state index contributed by atoms with van der Waals surface area (Å²) < 4.78 is 34.1. The van der Waals surface area contributed by atoms with Gasteiger partial charge in [-0.2, -0.15) is 0 Å². The van der Waals surface area contributed by atoms with Crippen LogP contribution in [0.4, 0.5) is 0 Å². The van der Waals surface area contributed by atoms with E-state index in [1.54, 1.807) is 24.3 Å². The second-order valence-electron chi connectivity index (χ2n) is 5.19. The number of aromatic nitrogens is 1. The first-order valence-electron chi connectivity index (χ1n) is 7.05. The molecule has 1 aromatic heterocycles. The van der Waals surface area contributed by atoms with Gasteiger partial charge in [0, 0.05) is 16.8 Å². The van der Waals surface area contributed by atoms with Crippen molar-refractivity contribution >= 4 is 21.4 Å². The van der Waals surface area contributed by atoms with E-state index in [1.807, 2.05) is 12.1 Å². The van der Waals surface area contributed by atoms with E-state index in [0.717, 1.165) is 11.8 Å². The van der Waals surface area contributed by atoms with Gasteiger partial charge in [0.1, 0.15) is 24.3 Å². The molecule has 7 heteroatoms. The number of nitrogens with zero attached hydrogens (tertiary/aromatic N) is 1. The topological polar surface area (TPSA) is 69.4 Å². The van der Waals surface area contributed by atoms with Crippen LogP contribution >= 0.6 is 11.6 Å². The molecule has 3 rings (SSSR count). The summed E-state index contributed by atoms with van der Waals surface area (Å²) in [4.78, 5) is 4.55. The molecule has 5 nitrogen and oxygen atoms in total. The van der Waals surface area contributed by atoms with Crippen LogP contribution in [0.3, 0.4) is 0 Å². The van der Waals surface area contributed by atoms with E-state index < -0.39 is 9.84 Å². The molecule has 0 unspecified atom stereocenters. The van der Waals surface area contributed by atoms with Crippen molar-refractivity contribution in [2.24, 2.45) is 0 Å². The number of hydrogen-bond acceptors (Lipinski definition) is 5. The lowest BCUT2D eigenvalue weighted by Crippen LogP contribution is -1.99. The van der Waals surface area contributed by atoms with Gasteiger partial charge >= 0.3 is 0 Å². The first-order valence-corrected chi connectivity index (χ1v) is 9.32. The van der Waals surface area contributed by atoms with Crippen molar-refractivity contribution in [2.45, 2.75) is 11.5 Å². The molecule has 0 aliphatic rings. The molecule has 0 bridgehead atoms. The van der Waals surface area contributed by atoms with Crippen molar-refractivity contribution in [1.29, 1.82) is 0 Å². The smallest absolute Gasteiger partial charge is 0.226 e. The van der Waals surface area contributed by atoms with Crippen LogP contribution in [0.2, 0.25) is 5.02 Å². The van der Waals surface area contributed by atoms with Crippen molar-refractivity contribution in [3.63, 3.8) is 0 Å². The molecule has 3 aromatic rings. The van der Waals surface area contributed by atoms with Gasteiger partial charge < -0.3 is 9.15 Å². The maximum absolute atomic E-state index is 11.6. The zero-order valence-corrected chi connectivity index (χ0v) is 14.3.